The molecule has 9 heteroatoms. The number of nitrogens with one attached hydrogen (secondary N) is 2. The van der Waals surface area contributed by atoms with Gasteiger partial charge in [-0.1, -0.05) is 71.2 Å². The molecule has 1 atom stereocenters. The molecule has 3 aromatic carbocycles. The van der Waals surface area contributed by atoms with Gasteiger partial charge in [0.25, 0.3) is 5.91 Å². The Morgan fingerprint density at radius 2 is 1.80 bits per heavy atom. The van der Waals surface area contributed by atoms with Gasteiger partial charge < -0.3 is 10.4 Å². The van der Waals surface area contributed by atoms with Crippen molar-refractivity contribution < 1.29 is 14.7 Å². The third kappa shape index (κ3) is 5.85. The molecular weight excluding hydrogens is 509 g/mol. The number of halogens is 3. The van der Waals surface area contributed by atoms with Crippen molar-refractivity contribution in [3.63, 3.8) is 0 Å². The van der Waals surface area contributed by atoms with E-state index < -0.39 is 5.92 Å². The average Bonchev–Trinajstić information content (AvgIpc) is 2.86. The smallest absolute Gasteiger partial charge is 0.252 e. The van der Waals surface area contributed by atoms with Gasteiger partial charge in [0.05, 0.1) is 27.2 Å². The fraction of sp³-hybridized carbons (Fsp3) is 0.115. The Labute approximate surface area is 216 Å². The quantitative estimate of drug-likeness (QED) is 0.266. The molecular formula is C26H20Cl3N3O3. The number of fused-ring (bicyclic) bond motifs is 1. The molecule has 0 aliphatic heterocycles. The van der Waals surface area contributed by atoms with Crippen molar-refractivity contribution in [1.29, 1.82) is 0 Å². The zero-order chi connectivity index (χ0) is 24.9. The number of allylic oxidation sites excluding steroid dienone is 2. The zero-order valence-electron chi connectivity index (χ0n) is 18.3. The number of nitrogens with zero attached hydrogens (tertiary/aromatic N) is 1. The minimum atomic E-state index is -0.520. The molecule has 3 N–H and O–H groups in total. The fourth-order valence-electron chi connectivity index (χ4n) is 3.66. The van der Waals surface area contributed by atoms with E-state index in [2.05, 4.69) is 15.8 Å². The lowest BCUT2D eigenvalue weighted by molar-refractivity contribution is -0.123. The Morgan fingerprint density at radius 3 is 2.54 bits per heavy atom. The molecule has 0 radical (unpaired) electrons. The van der Waals surface area contributed by atoms with Crippen molar-refractivity contribution >= 4 is 63.6 Å². The lowest BCUT2D eigenvalue weighted by atomic mass is 9.99. The molecule has 0 fully saturated rings. The molecule has 0 saturated heterocycles. The largest absolute Gasteiger partial charge is 0.507 e. The van der Waals surface area contributed by atoms with E-state index in [1.807, 2.05) is 24.3 Å². The molecule has 2 amide bonds. The number of amides is 2. The highest BCUT2D eigenvalue weighted by molar-refractivity contribution is 6.42. The molecule has 0 bridgehead atoms. The van der Waals surface area contributed by atoms with Gasteiger partial charge in [0.2, 0.25) is 5.91 Å². The summed E-state index contributed by atoms with van der Waals surface area (Å²) in [5.41, 5.74) is 4.57. The summed E-state index contributed by atoms with van der Waals surface area (Å²) >= 11 is 17.9. The van der Waals surface area contributed by atoms with Crippen LogP contribution in [0.25, 0.3) is 10.8 Å². The van der Waals surface area contributed by atoms with E-state index in [9.17, 15) is 14.7 Å². The third-order valence-electron chi connectivity index (χ3n) is 5.51. The first kappa shape index (κ1) is 24.8. The monoisotopic (exact) mass is 527 g/mol. The lowest BCUT2D eigenvalue weighted by Crippen LogP contribution is -2.26. The van der Waals surface area contributed by atoms with Gasteiger partial charge in [-0.3, -0.25) is 9.59 Å². The van der Waals surface area contributed by atoms with Crippen LogP contribution in [0.3, 0.4) is 0 Å². The minimum absolute atomic E-state index is 0.0354. The van der Waals surface area contributed by atoms with Gasteiger partial charge in [-0.15, -0.1) is 0 Å². The summed E-state index contributed by atoms with van der Waals surface area (Å²) in [4.78, 5) is 25.3. The fourth-order valence-corrected chi connectivity index (χ4v) is 4.21. The summed E-state index contributed by atoms with van der Waals surface area (Å²) in [5.74, 6) is -1.13. The molecule has 35 heavy (non-hydrogen) atoms. The second kappa shape index (κ2) is 11.0. The summed E-state index contributed by atoms with van der Waals surface area (Å²) in [7, 11) is 0. The van der Waals surface area contributed by atoms with Gasteiger partial charge in [0.15, 0.2) is 0 Å². The molecule has 3 aromatic rings. The summed E-state index contributed by atoms with van der Waals surface area (Å²) in [6.45, 7) is 0.298. The van der Waals surface area contributed by atoms with Gasteiger partial charge in [-0.2, -0.15) is 5.10 Å². The van der Waals surface area contributed by atoms with Crippen LogP contribution in [0.1, 0.15) is 27.9 Å². The van der Waals surface area contributed by atoms with E-state index >= 15 is 0 Å². The van der Waals surface area contributed by atoms with E-state index in [1.165, 1.54) is 18.4 Å². The van der Waals surface area contributed by atoms with Gasteiger partial charge in [-0.05, 0) is 53.1 Å². The number of benzene rings is 3. The van der Waals surface area contributed by atoms with E-state index in [-0.39, 0.29) is 22.6 Å². The second-order valence-electron chi connectivity index (χ2n) is 7.86. The zero-order valence-corrected chi connectivity index (χ0v) is 20.5. The molecule has 0 heterocycles. The van der Waals surface area contributed by atoms with Crippen LogP contribution in [0.2, 0.25) is 10.0 Å². The molecule has 0 aromatic heterocycles. The summed E-state index contributed by atoms with van der Waals surface area (Å²) in [5, 5.41) is 19.1. The maximum atomic E-state index is 12.9. The maximum absolute atomic E-state index is 12.9. The van der Waals surface area contributed by atoms with Gasteiger partial charge in [0, 0.05) is 17.7 Å². The highest BCUT2D eigenvalue weighted by atomic mass is 35.5. The number of carbonyl (C=O) groups excluding carboxylic acids is 2. The van der Waals surface area contributed by atoms with E-state index in [0.717, 1.165) is 21.9 Å². The molecule has 1 aliphatic carbocycles. The normalized spacial score (nSPS) is 15.6. The van der Waals surface area contributed by atoms with Crippen molar-refractivity contribution in [2.45, 2.75) is 13.0 Å². The molecule has 1 aliphatic rings. The molecule has 178 valence electrons. The molecule has 1 unspecified atom stereocenters. The van der Waals surface area contributed by atoms with Crippen molar-refractivity contribution in [2.24, 2.45) is 11.0 Å². The lowest BCUT2D eigenvalue weighted by Gasteiger charge is -2.14. The first-order valence-corrected chi connectivity index (χ1v) is 11.8. The standard InChI is InChI=1S/C26H20Cl3N3O3/c27-21-9-5-15(11-22(21)28)13-30-26(35)20-8-6-17(18-3-1-2-4-19(18)20)14-31-32-25(34)16-7-10-24(33)23(29)12-16/h1-6,8-12,14,16,33H,7,13H2,(H,30,35)(H,32,34)/b31-14+. The van der Waals surface area contributed by atoms with E-state index in [4.69, 9.17) is 34.8 Å². The van der Waals surface area contributed by atoms with Crippen LogP contribution in [0.4, 0.5) is 0 Å². The van der Waals surface area contributed by atoms with Gasteiger partial charge in [0.1, 0.15) is 5.76 Å². The van der Waals surface area contributed by atoms with Crippen LogP contribution in [0.15, 0.2) is 82.6 Å². The van der Waals surface area contributed by atoms with Crippen LogP contribution >= 0.6 is 34.8 Å². The Bertz CT molecular complexity index is 1400. The predicted octanol–water partition coefficient (Wildman–Crippen LogP) is 6.11. The van der Waals surface area contributed by atoms with Crippen molar-refractivity contribution in [3.8, 4) is 0 Å². The van der Waals surface area contributed by atoms with Crippen LogP contribution < -0.4 is 10.7 Å². The maximum Gasteiger partial charge on any atom is 0.252 e. The molecule has 4 rings (SSSR count). The van der Waals surface area contributed by atoms with Gasteiger partial charge >= 0.3 is 0 Å². The number of carbonyl (C=O) groups is 2. The van der Waals surface area contributed by atoms with Crippen LogP contribution in [0, 0.1) is 5.92 Å². The minimum Gasteiger partial charge on any atom is -0.507 e. The van der Waals surface area contributed by atoms with Crippen LogP contribution in [-0.4, -0.2) is 23.1 Å². The third-order valence-corrected chi connectivity index (χ3v) is 6.57. The van der Waals surface area contributed by atoms with Crippen LogP contribution in [0.5, 0.6) is 0 Å². The Hall–Kier alpha value is -3.32. The number of hydrogen-bond donors (Lipinski definition) is 3. The first-order valence-electron chi connectivity index (χ1n) is 10.7. The first-order chi connectivity index (χ1) is 16.8. The predicted molar refractivity (Wildman–Crippen MR) is 140 cm³/mol. The number of aliphatic hydroxyl groups excluding tert-OH is 1. The van der Waals surface area contributed by atoms with Crippen LogP contribution in [-0.2, 0) is 11.3 Å². The highest BCUT2D eigenvalue weighted by Gasteiger charge is 2.20. The van der Waals surface area contributed by atoms with E-state index in [1.54, 1.807) is 30.3 Å². The van der Waals surface area contributed by atoms with Crippen molar-refractivity contribution in [1.82, 2.24) is 10.7 Å². The summed E-state index contributed by atoms with van der Waals surface area (Å²) in [6.07, 6.45) is 4.84. The molecule has 0 saturated carbocycles. The molecule has 6 nitrogen and oxygen atoms in total. The Balaban J connectivity index is 1.48. The topological polar surface area (TPSA) is 90.8 Å². The van der Waals surface area contributed by atoms with Crippen molar-refractivity contribution in [2.75, 3.05) is 0 Å². The molecule has 0 spiro atoms. The summed E-state index contributed by atoms with van der Waals surface area (Å²) < 4.78 is 0. The van der Waals surface area contributed by atoms with Crippen molar-refractivity contribution in [3.05, 3.63) is 104 Å². The highest BCUT2D eigenvalue weighted by Crippen LogP contribution is 2.25. The SMILES string of the molecule is O=C(NCc1ccc(Cl)c(Cl)c1)c1ccc(/C=N/NC(=O)C2C=C(Cl)C(O)=CC2)c2ccccc12. The second-order valence-corrected chi connectivity index (χ2v) is 9.08. The van der Waals surface area contributed by atoms with Gasteiger partial charge in [-0.25, -0.2) is 5.43 Å². The number of rotatable bonds is 6. The number of hydrazone groups is 1. The van der Waals surface area contributed by atoms with E-state index in [0.29, 0.717) is 28.6 Å². The Morgan fingerprint density at radius 1 is 1.03 bits per heavy atom. The Kier molecular flexibility index (Phi) is 7.76. The number of hydrogen-bond acceptors (Lipinski definition) is 4. The summed E-state index contributed by atoms with van der Waals surface area (Å²) in [6, 6.07) is 16.1. The average molecular weight is 529 g/mol. The number of aliphatic hydroxyl groups is 1.